The van der Waals surface area contributed by atoms with Gasteiger partial charge in [-0.05, 0) is 63.4 Å². The van der Waals surface area contributed by atoms with Gasteiger partial charge in [0.2, 0.25) is 0 Å². The van der Waals surface area contributed by atoms with E-state index in [1.165, 1.54) is 4.90 Å². The van der Waals surface area contributed by atoms with E-state index in [9.17, 15) is 19.5 Å². The number of benzene rings is 5. The molecule has 214 valence electrons. The van der Waals surface area contributed by atoms with E-state index in [-0.39, 0.29) is 17.7 Å². The number of hydrogen-bond donors (Lipinski definition) is 1. The highest BCUT2D eigenvalue weighted by Crippen LogP contribution is 2.47. The quantitative estimate of drug-likeness (QED) is 0.0814. The largest absolute Gasteiger partial charge is 0.369 e. The van der Waals surface area contributed by atoms with E-state index in [4.69, 9.17) is 0 Å². The molecule has 0 saturated heterocycles. The molecule has 0 bridgehead atoms. The lowest BCUT2D eigenvalue weighted by Gasteiger charge is -2.34. The summed E-state index contributed by atoms with van der Waals surface area (Å²) in [6.07, 6.45) is 7.10. The van der Waals surface area contributed by atoms with Crippen LogP contribution in [0.3, 0.4) is 0 Å². The molecule has 6 heteroatoms. The highest BCUT2D eigenvalue weighted by molar-refractivity contribution is 6.39. The van der Waals surface area contributed by atoms with Crippen LogP contribution in [0.2, 0.25) is 0 Å². The summed E-state index contributed by atoms with van der Waals surface area (Å²) in [6, 6.07) is 15.5. The number of carbonyl (C=O) groups is 3. The molecule has 0 spiro atoms. The van der Waals surface area contributed by atoms with Crippen LogP contribution in [0.1, 0.15) is 108 Å². The smallest absolute Gasteiger partial charge is 0.261 e. The van der Waals surface area contributed by atoms with Crippen molar-refractivity contribution in [1.82, 2.24) is 9.80 Å². The number of nitrogens with zero attached hydrogens (tertiary/aromatic N) is 2. The van der Waals surface area contributed by atoms with Crippen molar-refractivity contribution < 1.29 is 19.5 Å². The normalized spacial score (nSPS) is 16.7. The first kappa shape index (κ1) is 26.8. The van der Waals surface area contributed by atoms with Crippen LogP contribution < -0.4 is 0 Å². The van der Waals surface area contributed by atoms with E-state index in [2.05, 4.69) is 13.8 Å². The number of carbonyl (C=O) groups excluding carboxylic acids is 3. The maximum atomic E-state index is 13.7. The van der Waals surface area contributed by atoms with Crippen LogP contribution in [0, 0.1) is 0 Å². The molecule has 0 radical (unpaired) electrons. The Morgan fingerprint density at radius 2 is 1.02 bits per heavy atom. The highest BCUT2D eigenvalue weighted by atomic mass is 16.3. The van der Waals surface area contributed by atoms with E-state index in [0.29, 0.717) is 29.8 Å². The summed E-state index contributed by atoms with van der Waals surface area (Å²) in [4.78, 5) is 43.9. The lowest BCUT2D eigenvalue weighted by molar-refractivity contribution is 0.00420. The van der Waals surface area contributed by atoms with Crippen LogP contribution in [0.25, 0.3) is 43.1 Å². The van der Waals surface area contributed by atoms with Crippen LogP contribution in [-0.4, -0.2) is 45.7 Å². The number of aliphatic hydroxyl groups is 1. The van der Waals surface area contributed by atoms with Crippen molar-refractivity contribution in [3.8, 4) is 0 Å². The molecule has 0 aliphatic carbocycles. The van der Waals surface area contributed by atoms with Crippen molar-refractivity contribution >= 4 is 60.8 Å². The molecule has 3 amide bonds. The van der Waals surface area contributed by atoms with Crippen molar-refractivity contribution in [2.24, 2.45) is 0 Å². The van der Waals surface area contributed by atoms with Crippen molar-refractivity contribution in [3.05, 3.63) is 70.8 Å². The second kappa shape index (κ2) is 10.4. The summed E-state index contributed by atoms with van der Waals surface area (Å²) >= 11 is 0. The maximum Gasteiger partial charge on any atom is 0.261 e. The highest BCUT2D eigenvalue weighted by Gasteiger charge is 2.36. The molecule has 0 fully saturated rings. The SMILES string of the molecule is CCCCCCN1C(=O)c2ccc3c4ccc5c6c(ccc(c7ccc(c2c37)C1=O)c64)C(O)N(CCCCCC)C5=O. The predicted molar refractivity (Wildman–Crippen MR) is 167 cm³/mol. The molecule has 5 aromatic carbocycles. The van der Waals surface area contributed by atoms with Crippen LogP contribution in [0.4, 0.5) is 0 Å². The number of amides is 3. The Morgan fingerprint density at radius 3 is 1.57 bits per heavy atom. The fourth-order valence-corrected chi connectivity index (χ4v) is 7.31. The standard InChI is InChI=1S/C36H36N2O4/c1-3-5-7-9-19-37-33(39)25-15-11-21-23-13-17-27-32-28(36(42)38(35(27)41)20-10-8-6-4-2)18-14-24(30(23)32)22-12-16-26(34(37)40)31(25)29(21)22/h11-18,33,39H,3-10,19-20H2,1-2H3. The van der Waals surface area contributed by atoms with Gasteiger partial charge >= 0.3 is 0 Å². The molecule has 5 aromatic rings. The Bertz CT molecular complexity index is 1840. The zero-order valence-electron chi connectivity index (χ0n) is 24.3. The maximum absolute atomic E-state index is 13.7. The van der Waals surface area contributed by atoms with Crippen LogP contribution in [0.5, 0.6) is 0 Å². The molecule has 1 unspecified atom stereocenters. The molecule has 2 aliphatic rings. The number of unbranched alkanes of at least 4 members (excludes halogenated alkanes) is 6. The first-order valence-electron chi connectivity index (χ1n) is 15.5. The van der Waals surface area contributed by atoms with Gasteiger partial charge in [-0.25, -0.2) is 0 Å². The van der Waals surface area contributed by atoms with Gasteiger partial charge in [-0.2, -0.15) is 0 Å². The number of imide groups is 1. The molecule has 0 aromatic heterocycles. The fraction of sp³-hybridized carbons (Fsp3) is 0.361. The summed E-state index contributed by atoms with van der Waals surface area (Å²) < 4.78 is 0. The van der Waals surface area contributed by atoms with Crippen LogP contribution >= 0.6 is 0 Å². The number of fused-ring (bicyclic) bond motifs is 2. The van der Waals surface area contributed by atoms with E-state index < -0.39 is 6.23 Å². The molecule has 2 aliphatic heterocycles. The zero-order valence-corrected chi connectivity index (χ0v) is 24.3. The van der Waals surface area contributed by atoms with Gasteiger partial charge in [0.15, 0.2) is 6.23 Å². The molecule has 42 heavy (non-hydrogen) atoms. The second-order valence-electron chi connectivity index (χ2n) is 11.9. The minimum absolute atomic E-state index is 0.138. The Kier molecular flexibility index (Phi) is 6.62. The lowest BCUT2D eigenvalue weighted by atomic mass is 9.82. The van der Waals surface area contributed by atoms with E-state index in [1.807, 2.05) is 48.5 Å². The summed E-state index contributed by atoms with van der Waals surface area (Å²) in [5.74, 6) is -0.588. The monoisotopic (exact) mass is 560 g/mol. The topological polar surface area (TPSA) is 77.9 Å². The van der Waals surface area contributed by atoms with Gasteiger partial charge in [-0.1, -0.05) is 82.7 Å². The van der Waals surface area contributed by atoms with Crippen molar-refractivity contribution in [2.75, 3.05) is 13.1 Å². The van der Waals surface area contributed by atoms with Gasteiger partial charge in [0.25, 0.3) is 17.7 Å². The summed E-state index contributed by atoms with van der Waals surface area (Å²) in [6.45, 7) is 5.25. The van der Waals surface area contributed by atoms with E-state index in [1.54, 1.807) is 4.90 Å². The lowest BCUT2D eigenvalue weighted by Crippen LogP contribution is -2.40. The third-order valence-corrected chi connectivity index (χ3v) is 9.44. The van der Waals surface area contributed by atoms with E-state index in [0.717, 1.165) is 100 Å². The van der Waals surface area contributed by atoms with Crippen molar-refractivity contribution in [1.29, 1.82) is 0 Å². The Balaban J connectivity index is 1.39. The zero-order chi connectivity index (χ0) is 29.1. The number of rotatable bonds is 10. The average Bonchev–Trinajstić information content (AvgIpc) is 3.01. The third kappa shape index (κ3) is 3.77. The average molecular weight is 561 g/mol. The molecular weight excluding hydrogens is 524 g/mol. The van der Waals surface area contributed by atoms with Crippen LogP contribution in [-0.2, 0) is 0 Å². The first-order chi connectivity index (χ1) is 20.5. The minimum atomic E-state index is -0.994. The fourth-order valence-electron chi connectivity index (χ4n) is 7.31. The van der Waals surface area contributed by atoms with Gasteiger partial charge in [0.05, 0.1) is 0 Å². The summed E-state index contributed by atoms with van der Waals surface area (Å²) in [5, 5.41) is 18.6. The first-order valence-corrected chi connectivity index (χ1v) is 15.5. The molecule has 0 saturated carbocycles. The van der Waals surface area contributed by atoms with Gasteiger partial charge in [-0.15, -0.1) is 0 Å². The van der Waals surface area contributed by atoms with Crippen molar-refractivity contribution in [3.63, 3.8) is 0 Å². The van der Waals surface area contributed by atoms with Crippen LogP contribution in [0.15, 0.2) is 48.5 Å². The molecule has 2 heterocycles. The molecule has 1 atom stereocenters. The van der Waals surface area contributed by atoms with Crippen molar-refractivity contribution in [2.45, 2.75) is 71.4 Å². The number of hydrogen-bond acceptors (Lipinski definition) is 4. The molecular formula is C36H36N2O4. The molecule has 6 nitrogen and oxygen atoms in total. The summed E-state index contributed by atoms with van der Waals surface area (Å²) in [7, 11) is 0. The second-order valence-corrected chi connectivity index (χ2v) is 11.9. The molecule has 1 N–H and O–H groups in total. The Hall–Kier alpha value is -4.03. The van der Waals surface area contributed by atoms with Gasteiger partial charge < -0.3 is 10.0 Å². The predicted octanol–water partition coefficient (Wildman–Crippen LogP) is 7.94. The van der Waals surface area contributed by atoms with Gasteiger partial charge in [-0.3, -0.25) is 19.3 Å². The van der Waals surface area contributed by atoms with Gasteiger partial charge in [0.1, 0.15) is 0 Å². The van der Waals surface area contributed by atoms with E-state index >= 15 is 0 Å². The third-order valence-electron chi connectivity index (χ3n) is 9.44. The Labute approximate surface area is 245 Å². The Morgan fingerprint density at radius 1 is 0.548 bits per heavy atom. The molecule has 7 rings (SSSR count). The van der Waals surface area contributed by atoms with Gasteiger partial charge in [0, 0.05) is 46.1 Å². The minimum Gasteiger partial charge on any atom is -0.369 e. The number of aliphatic hydroxyl groups excluding tert-OH is 1. The summed E-state index contributed by atoms with van der Waals surface area (Å²) in [5.41, 5.74) is 2.50.